The van der Waals surface area contributed by atoms with Crippen molar-refractivity contribution >= 4 is 29.2 Å². The van der Waals surface area contributed by atoms with Gasteiger partial charge < -0.3 is 15.8 Å². The highest BCUT2D eigenvalue weighted by Crippen LogP contribution is 2.20. The highest BCUT2D eigenvalue weighted by molar-refractivity contribution is 7.98. The molecule has 1 heterocycles. The molecule has 94 valence electrons. The van der Waals surface area contributed by atoms with E-state index in [1.165, 1.54) is 0 Å². The fourth-order valence-electron chi connectivity index (χ4n) is 1.27. The molecule has 3 N–H and O–H groups in total. The Balaban J connectivity index is 2.79. The van der Waals surface area contributed by atoms with Crippen molar-refractivity contribution in [2.75, 3.05) is 36.2 Å². The number of nitrogens with one attached hydrogen (secondary N) is 1. The first-order valence-corrected chi connectivity index (χ1v) is 6.74. The molecular formula is C11H17N3O2S. The minimum absolute atomic E-state index is 0.329. The van der Waals surface area contributed by atoms with Gasteiger partial charge in [-0.2, -0.15) is 11.8 Å². The van der Waals surface area contributed by atoms with Crippen molar-refractivity contribution in [2.24, 2.45) is 0 Å². The summed E-state index contributed by atoms with van der Waals surface area (Å²) in [4.78, 5) is 15.7. The number of rotatable bonds is 6. The van der Waals surface area contributed by atoms with E-state index in [-0.39, 0.29) is 0 Å². The van der Waals surface area contributed by atoms with Crippen LogP contribution in [0.3, 0.4) is 0 Å². The molecular weight excluding hydrogens is 238 g/mol. The van der Waals surface area contributed by atoms with E-state index in [9.17, 15) is 4.79 Å². The van der Waals surface area contributed by atoms with Crippen molar-refractivity contribution in [3.05, 3.63) is 17.8 Å². The first-order chi connectivity index (χ1) is 8.20. The van der Waals surface area contributed by atoms with Crippen molar-refractivity contribution in [3.8, 4) is 0 Å². The standard InChI is InChI=1S/C11H17N3O2S/c1-3-16-11(15)8-4-5-13-10(9(8)12)14-6-7-17-2/h4-5H,3,6-7,12H2,1-2H3,(H,13,14). The third-order valence-corrected chi connectivity index (χ3v) is 2.70. The van der Waals surface area contributed by atoms with Gasteiger partial charge in [-0.25, -0.2) is 9.78 Å². The van der Waals surface area contributed by atoms with Crippen LogP contribution in [-0.2, 0) is 4.74 Å². The zero-order valence-electron chi connectivity index (χ0n) is 10.0. The van der Waals surface area contributed by atoms with Crippen LogP contribution in [0, 0.1) is 0 Å². The average Bonchev–Trinajstić information content (AvgIpc) is 2.32. The van der Waals surface area contributed by atoms with Gasteiger partial charge in [0.15, 0.2) is 0 Å². The van der Waals surface area contributed by atoms with Crippen LogP contribution in [-0.4, -0.2) is 36.1 Å². The largest absolute Gasteiger partial charge is 0.462 e. The maximum atomic E-state index is 11.6. The summed E-state index contributed by atoms with van der Waals surface area (Å²) in [7, 11) is 0. The summed E-state index contributed by atoms with van der Waals surface area (Å²) < 4.78 is 4.91. The predicted octanol–water partition coefficient (Wildman–Crippen LogP) is 1.62. The van der Waals surface area contributed by atoms with Gasteiger partial charge >= 0.3 is 5.97 Å². The van der Waals surface area contributed by atoms with E-state index < -0.39 is 5.97 Å². The van der Waals surface area contributed by atoms with E-state index in [0.717, 1.165) is 12.3 Å². The quantitative estimate of drug-likeness (QED) is 0.594. The number of hydrogen-bond donors (Lipinski definition) is 2. The maximum absolute atomic E-state index is 11.6. The zero-order chi connectivity index (χ0) is 12.7. The highest BCUT2D eigenvalue weighted by atomic mass is 32.2. The van der Waals surface area contributed by atoms with E-state index in [4.69, 9.17) is 10.5 Å². The van der Waals surface area contributed by atoms with Crippen molar-refractivity contribution in [3.63, 3.8) is 0 Å². The fraction of sp³-hybridized carbons (Fsp3) is 0.455. The Hall–Kier alpha value is -1.43. The lowest BCUT2D eigenvalue weighted by Gasteiger charge is -2.10. The van der Waals surface area contributed by atoms with Crippen LogP contribution in [0.15, 0.2) is 12.3 Å². The molecule has 0 atom stereocenters. The summed E-state index contributed by atoms with van der Waals surface area (Å²) in [5.41, 5.74) is 6.56. The third-order valence-electron chi connectivity index (χ3n) is 2.08. The van der Waals surface area contributed by atoms with Crippen molar-refractivity contribution in [2.45, 2.75) is 6.92 Å². The molecule has 0 amide bonds. The molecule has 0 bridgehead atoms. The molecule has 0 unspecified atom stereocenters. The molecule has 0 aliphatic heterocycles. The van der Waals surface area contributed by atoms with Crippen molar-refractivity contribution in [1.29, 1.82) is 0 Å². The monoisotopic (exact) mass is 255 g/mol. The number of carbonyl (C=O) groups excluding carboxylic acids is 1. The molecule has 17 heavy (non-hydrogen) atoms. The van der Waals surface area contributed by atoms with Crippen LogP contribution in [0.1, 0.15) is 17.3 Å². The lowest BCUT2D eigenvalue weighted by molar-refractivity contribution is 0.0527. The van der Waals surface area contributed by atoms with Crippen LogP contribution in [0.2, 0.25) is 0 Å². The Morgan fingerprint density at radius 2 is 2.41 bits per heavy atom. The Morgan fingerprint density at radius 1 is 1.65 bits per heavy atom. The van der Waals surface area contributed by atoms with Crippen LogP contribution in [0.4, 0.5) is 11.5 Å². The fourth-order valence-corrected chi connectivity index (χ4v) is 1.58. The number of nitrogens with two attached hydrogens (primary N) is 1. The molecule has 0 saturated carbocycles. The minimum atomic E-state index is -0.416. The summed E-state index contributed by atoms with van der Waals surface area (Å²) in [5.74, 6) is 1.06. The number of thioether (sulfide) groups is 1. The van der Waals surface area contributed by atoms with Gasteiger partial charge in [0.05, 0.1) is 17.9 Å². The molecule has 0 radical (unpaired) electrons. The van der Waals surface area contributed by atoms with Crippen LogP contribution in [0.25, 0.3) is 0 Å². The summed E-state index contributed by atoms with van der Waals surface area (Å²) in [6.07, 6.45) is 3.57. The second kappa shape index (κ2) is 7.01. The number of carbonyl (C=O) groups is 1. The molecule has 1 aromatic heterocycles. The highest BCUT2D eigenvalue weighted by Gasteiger charge is 2.13. The van der Waals surface area contributed by atoms with E-state index in [1.807, 2.05) is 6.26 Å². The summed E-state index contributed by atoms with van der Waals surface area (Å²) >= 11 is 1.72. The molecule has 0 saturated heterocycles. The first kappa shape index (κ1) is 13.6. The number of aromatic nitrogens is 1. The minimum Gasteiger partial charge on any atom is -0.462 e. The molecule has 1 aromatic rings. The van der Waals surface area contributed by atoms with E-state index >= 15 is 0 Å². The number of ether oxygens (including phenoxy) is 1. The smallest absolute Gasteiger partial charge is 0.340 e. The van der Waals surface area contributed by atoms with Gasteiger partial charge in [0, 0.05) is 18.5 Å². The van der Waals surface area contributed by atoms with Gasteiger partial charge in [0.2, 0.25) is 0 Å². The lowest BCUT2D eigenvalue weighted by Crippen LogP contribution is -2.13. The lowest BCUT2D eigenvalue weighted by atomic mass is 10.2. The predicted molar refractivity (Wildman–Crippen MR) is 71.5 cm³/mol. The van der Waals surface area contributed by atoms with E-state index in [2.05, 4.69) is 10.3 Å². The Morgan fingerprint density at radius 3 is 3.06 bits per heavy atom. The Labute approximate surface area is 105 Å². The van der Waals surface area contributed by atoms with Gasteiger partial charge in [0.1, 0.15) is 5.82 Å². The van der Waals surface area contributed by atoms with Crippen LogP contribution < -0.4 is 11.1 Å². The van der Waals surface area contributed by atoms with Crippen LogP contribution >= 0.6 is 11.8 Å². The van der Waals surface area contributed by atoms with Crippen LogP contribution in [0.5, 0.6) is 0 Å². The molecule has 0 aromatic carbocycles. The number of anilines is 2. The number of esters is 1. The summed E-state index contributed by atoms with van der Waals surface area (Å²) in [6.45, 7) is 2.84. The molecule has 0 aliphatic rings. The number of nitrogens with zero attached hydrogens (tertiary/aromatic N) is 1. The summed E-state index contributed by atoms with van der Waals surface area (Å²) in [5, 5.41) is 3.09. The van der Waals surface area contributed by atoms with Gasteiger partial charge in [-0.3, -0.25) is 0 Å². The van der Waals surface area contributed by atoms with Gasteiger partial charge in [-0.05, 0) is 19.2 Å². The summed E-state index contributed by atoms with van der Waals surface area (Å²) in [6, 6.07) is 1.56. The Bertz CT molecular complexity index is 385. The number of pyridine rings is 1. The van der Waals surface area contributed by atoms with Gasteiger partial charge in [-0.1, -0.05) is 0 Å². The topological polar surface area (TPSA) is 77.2 Å². The van der Waals surface area contributed by atoms with Crippen molar-refractivity contribution < 1.29 is 9.53 Å². The second-order valence-electron chi connectivity index (χ2n) is 3.26. The molecule has 0 fully saturated rings. The molecule has 6 heteroatoms. The van der Waals surface area contributed by atoms with Crippen molar-refractivity contribution in [1.82, 2.24) is 4.98 Å². The number of hydrogen-bond acceptors (Lipinski definition) is 6. The Kier molecular flexibility index (Phi) is 5.62. The first-order valence-electron chi connectivity index (χ1n) is 5.35. The third kappa shape index (κ3) is 3.81. The normalized spacial score (nSPS) is 10.0. The molecule has 0 spiro atoms. The number of nitrogen functional groups attached to an aromatic ring is 1. The molecule has 0 aliphatic carbocycles. The maximum Gasteiger partial charge on any atom is 0.340 e. The van der Waals surface area contributed by atoms with Gasteiger partial charge in [-0.15, -0.1) is 0 Å². The van der Waals surface area contributed by atoms with E-state index in [0.29, 0.717) is 23.7 Å². The molecule has 1 rings (SSSR count). The average molecular weight is 255 g/mol. The molecule has 5 nitrogen and oxygen atoms in total. The second-order valence-corrected chi connectivity index (χ2v) is 4.25. The van der Waals surface area contributed by atoms with E-state index in [1.54, 1.807) is 30.9 Å². The zero-order valence-corrected chi connectivity index (χ0v) is 10.8. The SMILES string of the molecule is CCOC(=O)c1ccnc(NCCSC)c1N. The van der Waals surface area contributed by atoms with Gasteiger partial charge in [0.25, 0.3) is 0 Å².